The Morgan fingerprint density at radius 1 is 0.594 bits per heavy atom. The van der Waals surface area contributed by atoms with Crippen molar-refractivity contribution in [2.45, 2.75) is 37.5 Å². The highest BCUT2D eigenvalue weighted by atomic mass is 32.2. The van der Waals surface area contributed by atoms with Gasteiger partial charge in [-0.15, -0.1) is 0 Å². The van der Waals surface area contributed by atoms with Gasteiger partial charge in [-0.1, -0.05) is 13.8 Å². The van der Waals surface area contributed by atoms with Crippen molar-refractivity contribution >= 4 is 19.7 Å². The van der Waals surface area contributed by atoms with Gasteiger partial charge in [-0.25, -0.2) is 16.8 Å². The molecule has 0 spiro atoms. The van der Waals surface area contributed by atoms with Gasteiger partial charge in [0, 0.05) is 0 Å². The minimum absolute atomic E-state index is 0.154. The molecule has 0 radical (unpaired) electrons. The third-order valence-corrected chi connectivity index (χ3v) is 10.5. The van der Waals surface area contributed by atoms with E-state index in [2.05, 4.69) is 0 Å². The van der Waals surface area contributed by atoms with Crippen molar-refractivity contribution in [3.63, 3.8) is 0 Å². The van der Waals surface area contributed by atoms with E-state index in [0.29, 0.717) is 22.6 Å². The summed E-state index contributed by atoms with van der Waals surface area (Å²) in [6.45, 7) is 6.89. The summed E-state index contributed by atoms with van der Waals surface area (Å²) < 4.78 is 64.3. The molecule has 6 nitrogen and oxygen atoms in total. The Labute approximate surface area is 190 Å². The summed E-state index contributed by atoms with van der Waals surface area (Å²) in [5.74, 6) is 0.0787. The number of benzene rings is 2. The van der Waals surface area contributed by atoms with Gasteiger partial charge < -0.3 is 9.47 Å². The first-order valence-electron chi connectivity index (χ1n) is 10.2. The molecule has 8 heteroatoms. The lowest BCUT2D eigenvalue weighted by molar-refractivity contribution is 0.414. The van der Waals surface area contributed by atoms with Gasteiger partial charge in [0.15, 0.2) is 0 Å². The van der Waals surface area contributed by atoms with E-state index in [0.717, 1.165) is 0 Å². The van der Waals surface area contributed by atoms with Gasteiger partial charge in [0.05, 0.1) is 33.8 Å². The third-order valence-electron chi connectivity index (χ3n) is 6.20. The first-order chi connectivity index (χ1) is 15.0. The first kappa shape index (κ1) is 24.1. The molecule has 3 rings (SSSR count). The van der Waals surface area contributed by atoms with Crippen LogP contribution < -0.4 is 9.47 Å². The van der Waals surface area contributed by atoms with Crippen LogP contribution in [0.3, 0.4) is 0 Å². The van der Waals surface area contributed by atoms with Crippen molar-refractivity contribution < 1.29 is 26.3 Å². The van der Waals surface area contributed by atoms with Crippen LogP contribution in [0.1, 0.15) is 27.7 Å². The van der Waals surface area contributed by atoms with Crippen LogP contribution in [-0.4, -0.2) is 31.1 Å². The van der Waals surface area contributed by atoms with Gasteiger partial charge >= 0.3 is 0 Å². The lowest BCUT2D eigenvalue weighted by Gasteiger charge is -2.33. The maximum atomic E-state index is 13.5. The van der Waals surface area contributed by atoms with Gasteiger partial charge in [-0.05, 0) is 85.4 Å². The smallest absolute Gasteiger partial charge is 0.203 e. The SMILES string of the molecule is COc1ccc(S(=O)(=O)C2=C(C)C(C)=C(S(=O)(=O)c3ccc(OC)cc3)[C@H](C)[C@@H]2C)cc1. The van der Waals surface area contributed by atoms with Gasteiger partial charge in [0.2, 0.25) is 19.7 Å². The molecule has 0 N–H and O–H groups in total. The summed E-state index contributed by atoms with van der Waals surface area (Å²) in [6, 6.07) is 12.4. The van der Waals surface area contributed by atoms with E-state index < -0.39 is 31.5 Å². The molecule has 2 atom stereocenters. The van der Waals surface area contributed by atoms with E-state index >= 15 is 0 Å². The fourth-order valence-corrected chi connectivity index (χ4v) is 8.16. The van der Waals surface area contributed by atoms with Crippen molar-refractivity contribution in [2.24, 2.45) is 11.8 Å². The van der Waals surface area contributed by atoms with Crippen LogP contribution in [0, 0.1) is 11.8 Å². The molecule has 1 aliphatic rings. The van der Waals surface area contributed by atoms with Gasteiger partial charge in [-0.2, -0.15) is 0 Å². The molecular formula is C24H28O6S2. The summed E-state index contributed by atoms with van der Waals surface area (Å²) in [6.07, 6.45) is 0. The number of hydrogen-bond acceptors (Lipinski definition) is 6. The van der Waals surface area contributed by atoms with E-state index in [-0.39, 0.29) is 19.6 Å². The fourth-order valence-electron chi connectivity index (χ4n) is 4.16. The summed E-state index contributed by atoms with van der Waals surface area (Å²) in [7, 11) is -4.60. The highest BCUT2D eigenvalue weighted by Gasteiger charge is 2.41. The fraction of sp³-hybridized carbons (Fsp3) is 0.333. The standard InChI is InChI=1S/C24H28O6S2/c1-15-16(2)24(32(27,28)22-13-9-20(30-6)10-14-22)18(4)17(3)23(15)31(25,26)21-11-7-19(29-5)8-12-21/h7-16H,1-6H3/t15-,16+. The first-order valence-corrected chi connectivity index (χ1v) is 13.1. The topological polar surface area (TPSA) is 86.7 Å². The van der Waals surface area contributed by atoms with Crippen LogP contribution in [0.25, 0.3) is 0 Å². The minimum Gasteiger partial charge on any atom is -0.497 e. The van der Waals surface area contributed by atoms with Crippen LogP contribution in [-0.2, 0) is 19.7 Å². The molecule has 0 heterocycles. The van der Waals surface area contributed by atoms with E-state index in [9.17, 15) is 16.8 Å². The zero-order valence-electron chi connectivity index (χ0n) is 19.0. The Bertz CT molecular complexity index is 1180. The van der Waals surface area contributed by atoms with Crippen molar-refractivity contribution in [3.8, 4) is 11.5 Å². The molecule has 0 amide bonds. The van der Waals surface area contributed by atoms with E-state index in [1.165, 1.54) is 38.5 Å². The summed E-state index contributed by atoms with van der Waals surface area (Å²) in [5, 5.41) is 0. The average molecular weight is 477 g/mol. The largest absolute Gasteiger partial charge is 0.497 e. The quantitative estimate of drug-likeness (QED) is 0.596. The molecule has 0 fully saturated rings. The molecule has 0 unspecified atom stereocenters. The summed E-state index contributed by atoms with van der Waals surface area (Å²) in [4.78, 5) is 0.810. The van der Waals surface area contributed by atoms with Crippen molar-refractivity contribution in [3.05, 3.63) is 69.5 Å². The van der Waals surface area contributed by atoms with Crippen LogP contribution in [0.4, 0.5) is 0 Å². The molecule has 2 aromatic carbocycles. The third kappa shape index (κ3) is 3.97. The van der Waals surface area contributed by atoms with Crippen LogP contribution in [0.5, 0.6) is 11.5 Å². The molecule has 32 heavy (non-hydrogen) atoms. The normalized spacial score (nSPS) is 19.8. The van der Waals surface area contributed by atoms with Gasteiger partial charge in [0.1, 0.15) is 11.5 Å². The highest BCUT2D eigenvalue weighted by molar-refractivity contribution is 7.96. The monoisotopic (exact) mass is 476 g/mol. The molecule has 0 saturated carbocycles. The zero-order chi connectivity index (χ0) is 23.8. The number of allylic oxidation sites excluding steroid dienone is 4. The minimum atomic E-state index is -3.82. The second kappa shape index (κ2) is 8.75. The molecule has 1 aliphatic carbocycles. The highest BCUT2D eigenvalue weighted by Crippen LogP contribution is 2.46. The molecule has 2 aromatic rings. The number of sulfone groups is 2. The molecular weight excluding hydrogens is 448 g/mol. The maximum absolute atomic E-state index is 13.5. The van der Waals surface area contributed by atoms with Crippen LogP contribution in [0.2, 0.25) is 0 Å². The Kier molecular flexibility index (Phi) is 6.58. The predicted molar refractivity (Wildman–Crippen MR) is 124 cm³/mol. The van der Waals surface area contributed by atoms with E-state index in [1.54, 1.807) is 52.0 Å². The van der Waals surface area contributed by atoms with Crippen LogP contribution >= 0.6 is 0 Å². The Balaban J connectivity index is 2.17. The maximum Gasteiger partial charge on any atom is 0.203 e. The van der Waals surface area contributed by atoms with Gasteiger partial charge in [-0.3, -0.25) is 0 Å². The zero-order valence-corrected chi connectivity index (χ0v) is 20.7. The lowest BCUT2D eigenvalue weighted by Crippen LogP contribution is -2.29. The second-order valence-electron chi connectivity index (χ2n) is 7.91. The molecule has 0 bridgehead atoms. The number of methoxy groups -OCH3 is 2. The Morgan fingerprint density at radius 3 is 1.12 bits per heavy atom. The van der Waals surface area contributed by atoms with Gasteiger partial charge in [0.25, 0.3) is 0 Å². The molecule has 172 valence electrons. The molecule has 0 aliphatic heterocycles. The van der Waals surface area contributed by atoms with E-state index in [1.807, 2.05) is 0 Å². The molecule has 0 saturated heterocycles. The second-order valence-corrected chi connectivity index (χ2v) is 11.7. The van der Waals surface area contributed by atoms with Crippen molar-refractivity contribution in [2.75, 3.05) is 14.2 Å². The average Bonchev–Trinajstić information content (AvgIpc) is 2.77. The lowest BCUT2D eigenvalue weighted by atomic mass is 9.84. The van der Waals surface area contributed by atoms with Crippen molar-refractivity contribution in [1.29, 1.82) is 0 Å². The number of hydrogen-bond donors (Lipinski definition) is 0. The predicted octanol–water partition coefficient (Wildman–Crippen LogP) is 4.79. The Hall–Kier alpha value is -2.58. The number of ether oxygens (including phenoxy) is 2. The Morgan fingerprint density at radius 2 is 0.875 bits per heavy atom. The number of rotatable bonds is 6. The molecule has 0 aromatic heterocycles. The van der Waals surface area contributed by atoms with Crippen LogP contribution in [0.15, 0.2) is 79.3 Å². The summed E-state index contributed by atoms with van der Waals surface area (Å²) in [5.41, 5.74) is 0.942. The van der Waals surface area contributed by atoms with Crippen molar-refractivity contribution in [1.82, 2.24) is 0 Å². The summed E-state index contributed by atoms with van der Waals surface area (Å²) >= 11 is 0. The van der Waals surface area contributed by atoms with E-state index in [4.69, 9.17) is 9.47 Å².